The molecule has 0 spiro atoms. The quantitative estimate of drug-likeness (QED) is 0.394. The first-order chi connectivity index (χ1) is 10.0. The standard InChI is InChI=1S/C15H17ClN4O/c1-10(12-5-3-4-6-13(12)16)20(2)11-7-8-14(18-9-11)15(17)19-21/h3-10,21H,1-2H3,(H2,17,19). The van der Waals surface area contributed by atoms with Crippen molar-refractivity contribution in [1.29, 1.82) is 0 Å². The summed E-state index contributed by atoms with van der Waals surface area (Å²) in [5, 5.41) is 12.3. The third-order valence-corrected chi connectivity index (χ3v) is 3.81. The van der Waals surface area contributed by atoms with Crippen LogP contribution in [-0.2, 0) is 0 Å². The van der Waals surface area contributed by atoms with Crippen LogP contribution in [0.25, 0.3) is 0 Å². The minimum absolute atomic E-state index is 0.0108. The maximum atomic E-state index is 8.63. The second-order valence-corrected chi connectivity index (χ2v) is 5.10. The molecule has 0 saturated carbocycles. The van der Waals surface area contributed by atoms with Gasteiger partial charge in [0.1, 0.15) is 5.69 Å². The lowest BCUT2D eigenvalue weighted by atomic mass is 10.1. The first-order valence-corrected chi connectivity index (χ1v) is 6.83. The number of hydrogen-bond acceptors (Lipinski definition) is 4. The van der Waals surface area contributed by atoms with Crippen molar-refractivity contribution in [2.45, 2.75) is 13.0 Å². The van der Waals surface area contributed by atoms with Crippen LogP contribution in [0.3, 0.4) is 0 Å². The van der Waals surface area contributed by atoms with Crippen molar-refractivity contribution < 1.29 is 5.21 Å². The van der Waals surface area contributed by atoms with Crippen molar-refractivity contribution in [1.82, 2.24) is 4.98 Å². The van der Waals surface area contributed by atoms with E-state index in [0.29, 0.717) is 5.69 Å². The zero-order chi connectivity index (χ0) is 15.4. The van der Waals surface area contributed by atoms with Crippen molar-refractivity contribution in [3.8, 4) is 0 Å². The smallest absolute Gasteiger partial charge is 0.188 e. The predicted molar refractivity (Wildman–Crippen MR) is 85.0 cm³/mol. The molecule has 1 heterocycles. The summed E-state index contributed by atoms with van der Waals surface area (Å²) in [6.45, 7) is 2.07. The van der Waals surface area contributed by atoms with Crippen LogP contribution < -0.4 is 10.6 Å². The third-order valence-electron chi connectivity index (χ3n) is 3.46. The van der Waals surface area contributed by atoms with E-state index < -0.39 is 0 Å². The highest BCUT2D eigenvalue weighted by molar-refractivity contribution is 6.31. The number of hydrogen-bond donors (Lipinski definition) is 2. The van der Waals surface area contributed by atoms with Crippen LogP contribution in [0.1, 0.15) is 24.2 Å². The number of oxime groups is 1. The SMILES string of the molecule is CC(c1ccccc1Cl)N(C)c1ccc(/C(N)=N/O)nc1. The Morgan fingerprint density at radius 3 is 2.62 bits per heavy atom. The molecule has 21 heavy (non-hydrogen) atoms. The molecule has 1 aromatic carbocycles. The fourth-order valence-corrected chi connectivity index (χ4v) is 2.34. The van der Waals surface area contributed by atoms with E-state index in [0.717, 1.165) is 16.3 Å². The minimum Gasteiger partial charge on any atom is -0.409 e. The van der Waals surface area contributed by atoms with Gasteiger partial charge in [0, 0.05) is 12.1 Å². The van der Waals surface area contributed by atoms with Gasteiger partial charge in [0.25, 0.3) is 0 Å². The molecule has 3 N–H and O–H groups in total. The van der Waals surface area contributed by atoms with Crippen molar-refractivity contribution in [2.24, 2.45) is 10.9 Å². The highest BCUT2D eigenvalue weighted by atomic mass is 35.5. The number of pyridine rings is 1. The summed E-state index contributed by atoms with van der Waals surface area (Å²) in [7, 11) is 1.97. The Balaban J connectivity index is 2.24. The molecular weight excluding hydrogens is 288 g/mol. The second-order valence-electron chi connectivity index (χ2n) is 4.70. The summed E-state index contributed by atoms with van der Waals surface area (Å²) in [5.41, 5.74) is 7.89. The fourth-order valence-electron chi connectivity index (χ4n) is 2.04. The first kappa shape index (κ1) is 15.1. The number of amidine groups is 1. The van der Waals surface area contributed by atoms with E-state index in [1.165, 1.54) is 0 Å². The van der Waals surface area contributed by atoms with Gasteiger partial charge in [-0.1, -0.05) is 35.0 Å². The van der Waals surface area contributed by atoms with Gasteiger partial charge in [-0.2, -0.15) is 0 Å². The zero-order valence-corrected chi connectivity index (χ0v) is 12.6. The maximum absolute atomic E-state index is 8.63. The van der Waals surface area contributed by atoms with Crippen molar-refractivity contribution in [2.75, 3.05) is 11.9 Å². The molecule has 0 radical (unpaired) electrons. The van der Waals surface area contributed by atoms with Gasteiger partial charge in [-0.25, -0.2) is 0 Å². The van der Waals surface area contributed by atoms with Crippen LogP contribution in [0.4, 0.5) is 5.69 Å². The fraction of sp³-hybridized carbons (Fsp3) is 0.200. The Labute approximate surface area is 128 Å². The van der Waals surface area contributed by atoms with Crippen LogP contribution in [0.5, 0.6) is 0 Å². The molecule has 6 heteroatoms. The molecule has 0 fully saturated rings. The van der Waals surface area contributed by atoms with Crippen molar-refractivity contribution >= 4 is 23.1 Å². The van der Waals surface area contributed by atoms with E-state index in [9.17, 15) is 0 Å². The number of nitrogens with zero attached hydrogens (tertiary/aromatic N) is 3. The number of benzene rings is 1. The third kappa shape index (κ3) is 3.25. The lowest BCUT2D eigenvalue weighted by Crippen LogP contribution is -2.22. The first-order valence-electron chi connectivity index (χ1n) is 6.45. The van der Waals surface area contributed by atoms with Crippen LogP contribution in [0.2, 0.25) is 5.02 Å². The molecule has 0 amide bonds. The topological polar surface area (TPSA) is 74.7 Å². The Hall–Kier alpha value is -2.27. The van der Waals surface area contributed by atoms with E-state index >= 15 is 0 Å². The molecule has 1 unspecified atom stereocenters. The molecule has 2 aromatic rings. The van der Waals surface area contributed by atoms with Crippen LogP contribution >= 0.6 is 11.6 Å². The van der Waals surface area contributed by atoms with Gasteiger partial charge < -0.3 is 15.8 Å². The van der Waals surface area contributed by atoms with Crippen LogP contribution in [-0.4, -0.2) is 23.1 Å². The Morgan fingerprint density at radius 1 is 1.33 bits per heavy atom. The normalized spacial score (nSPS) is 13.0. The van der Waals surface area contributed by atoms with Gasteiger partial charge in [0.15, 0.2) is 5.84 Å². The number of halogens is 1. The lowest BCUT2D eigenvalue weighted by molar-refractivity contribution is 0.318. The van der Waals surface area contributed by atoms with Crippen LogP contribution in [0, 0.1) is 0 Å². The number of rotatable bonds is 4. The summed E-state index contributed by atoms with van der Waals surface area (Å²) in [4.78, 5) is 6.24. The molecule has 110 valence electrons. The second kappa shape index (κ2) is 6.45. The Morgan fingerprint density at radius 2 is 2.05 bits per heavy atom. The summed E-state index contributed by atoms with van der Waals surface area (Å²) in [6.07, 6.45) is 1.68. The Bertz CT molecular complexity index is 642. The minimum atomic E-state index is -0.0108. The molecule has 0 aliphatic heterocycles. The highest BCUT2D eigenvalue weighted by Crippen LogP contribution is 2.29. The molecule has 0 bridgehead atoms. The molecule has 1 aromatic heterocycles. The van der Waals surface area contributed by atoms with E-state index in [1.54, 1.807) is 12.3 Å². The van der Waals surface area contributed by atoms with E-state index in [2.05, 4.69) is 22.0 Å². The summed E-state index contributed by atoms with van der Waals surface area (Å²) < 4.78 is 0. The molecular formula is C15H17ClN4O. The number of anilines is 1. The highest BCUT2D eigenvalue weighted by Gasteiger charge is 2.15. The summed E-state index contributed by atoms with van der Waals surface area (Å²) in [6, 6.07) is 11.4. The van der Waals surface area contributed by atoms with Gasteiger partial charge in [-0.05, 0) is 30.7 Å². The molecule has 0 aliphatic carbocycles. The average Bonchev–Trinajstić information content (AvgIpc) is 2.53. The lowest BCUT2D eigenvalue weighted by Gasteiger charge is -2.27. The van der Waals surface area contributed by atoms with Gasteiger partial charge >= 0.3 is 0 Å². The predicted octanol–water partition coefficient (Wildman–Crippen LogP) is 3.03. The maximum Gasteiger partial charge on any atom is 0.188 e. The summed E-state index contributed by atoms with van der Waals surface area (Å²) >= 11 is 6.23. The van der Waals surface area contributed by atoms with Gasteiger partial charge in [0.2, 0.25) is 0 Å². The Kier molecular flexibility index (Phi) is 4.65. The number of nitrogens with two attached hydrogens (primary N) is 1. The van der Waals surface area contributed by atoms with E-state index in [-0.39, 0.29) is 11.9 Å². The van der Waals surface area contributed by atoms with Gasteiger partial charge in [0.05, 0.1) is 17.9 Å². The molecule has 0 saturated heterocycles. The van der Waals surface area contributed by atoms with Crippen molar-refractivity contribution in [3.63, 3.8) is 0 Å². The monoisotopic (exact) mass is 304 g/mol. The average molecular weight is 305 g/mol. The molecule has 1 atom stereocenters. The van der Waals surface area contributed by atoms with E-state index in [4.69, 9.17) is 22.5 Å². The van der Waals surface area contributed by atoms with Gasteiger partial charge in [-0.3, -0.25) is 4.98 Å². The zero-order valence-electron chi connectivity index (χ0n) is 11.9. The molecule has 2 rings (SSSR count). The van der Waals surface area contributed by atoms with E-state index in [1.807, 2.05) is 37.4 Å². The largest absolute Gasteiger partial charge is 0.409 e. The summed E-state index contributed by atoms with van der Waals surface area (Å²) in [5.74, 6) is -0.0108. The van der Waals surface area contributed by atoms with Crippen molar-refractivity contribution in [3.05, 3.63) is 58.9 Å². The van der Waals surface area contributed by atoms with Gasteiger partial charge in [-0.15, -0.1) is 0 Å². The number of aromatic nitrogens is 1. The molecule has 0 aliphatic rings. The van der Waals surface area contributed by atoms with Crippen LogP contribution in [0.15, 0.2) is 47.8 Å². The molecule has 5 nitrogen and oxygen atoms in total.